The largest absolute Gasteiger partial charge is 0.455 e. The van der Waals surface area contributed by atoms with Crippen molar-refractivity contribution in [3.63, 3.8) is 0 Å². The summed E-state index contributed by atoms with van der Waals surface area (Å²) in [4.78, 5) is 36.9. The Kier molecular flexibility index (Phi) is 5.17. The maximum Gasteiger partial charge on any atom is 0.321 e. The summed E-state index contributed by atoms with van der Waals surface area (Å²) in [6.45, 7) is 1.76. The van der Waals surface area contributed by atoms with Crippen LogP contribution in [0.3, 0.4) is 0 Å². The van der Waals surface area contributed by atoms with Crippen LogP contribution in [0, 0.1) is 29.1 Å². The number of amides is 3. The lowest BCUT2D eigenvalue weighted by atomic mass is 9.49. The molecule has 2 N–H and O–H groups in total. The molecule has 0 aliphatic heterocycles. The number of hydrogen-bond donors (Lipinski definition) is 2. The van der Waals surface area contributed by atoms with Crippen LogP contribution in [-0.4, -0.2) is 30.6 Å². The molecule has 0 saturated heterocycles. The Morgan fingerprint density at radius 2 is 1.56 bits per heavy atom. The van der Waals surface area contributed by atoms with Gasteiger partial charge in [-0.05, 0) is 75.0 Å². The molecule has 6 nitrogen and oxygen atoms in total. The van der Waals surface area contributed by atoms with Crippen LogP contribution in [-0.2, 0) is 14.3 Å². The van der Waals surface area contributed by atoms with Gasteiger partial charge < -0.3 is 10.1 Å². The lowest BCUT2D eigenvalue weighted by molar-refractivity contribution is -0.173. The Morgan fingerprint density at radius 1 is 0.963 bits per heavy atom. The van der Waals surface area contributed by atoms with Gasteiger partial charge in [-0.3, -0.25) is 14.9 Å². The smallest absolute Gasteiger partial charge is 0.321 e. The predicted molar refractivity (Wildman–Crippen MR) is 99.7 cm³/mol. The standard InChI is InChI=1S/C21H32N2O4/c1-13-4-2-3-5-17(13)22-20(26)23-18(24)12-27-19(25)21-9-14-6-15(10-21)8-16(7-14)11-21/h13-17H,2-12H2,1H3,(H2,22,23,24,26)/t13-,14?,15?,16?,17+,21?/m0/s1. The zero-order valence-corrected chi connectivity index (χ0v) is 16.3. The normalized spacial score (nSPS) is 39.7. The number of imide groups is 1. The van der Waals surface area contributed by atoms with E-state index in [-0.39, 0.29) is 24.0 Å². The number of nitrogens with one attached hydrogen (secondary N) is 2. The van der Waals surface area contributed by atoms with Crippen LogP contribution in [0.4, 0.5) is 4.79 Å². The van der Waals surface area contributed by atoms with Gasteiger partial charge in [0.1, 0.15) is 0 Å². The zero-order valence-electron chi connectivity index (χ0n) is 16.3. The molecule has 5 rings (SSSR count). The summed E-state index contributed by atoms with van der Waals surface area (Å²) in [6, 6.07) is -0.370. The van der Waals surface area contributed by atoms with Crippen LogP contribution in [0.15, 0.2) is 0 Å². The molecule has 6 heteroatoms. The second-order valence-corrected chi connectivity index (χ2v) is 9.66. The molecule has 5 fully saturated rings. The minimum absolute atomic E-state index is 0.112. The van der Waals surface area contributed by atoms with E-state index < -0.39 is 11.9 Å². The zero-order chi connectivity index (χ0) is 19.0. The average molecular weight is 376 g/mol. The van der Waals surface area contributed by atoms with E-state index in [4.69, 9.17) is 4.74 Å². The highest BCUT2D eigenvalue weighted by atomic mass is 16.5. The van der Waals surface area contributed by atoms with E-state index in [2.05, 4.69) is 17.6 Å². The number of ether oxygens (including phenoxy) is 1. The van der Waals surface area contributed by atoms with E-state index in [1.165, 1.54) is 25.7 Å². The van der Waals surface area contributed by atoms with Crippen LogP contribution < -0.4 is 10.6 Å². The lowest BCUT2D eigenvalue weighted by Crippen LogP contribution is -2.51. The molecule has 5 saturated carbocycles. The van der Waals surface area contributed by atoms with E-state index >= 15 is 0 Å². The fourth-order valence-electron chi connectivity index (χ4n) is 6.54. The van der Waals surface area contributed by atoms with Gasteiger partial charge in [-0.15, -0.1) is 0 Å². The van der Waals surface area contributed by atoms with Crippen molar-refractivity contribution >= 4 is 17.9 Å². The van der Waals surface area contributed by atoms with E-state index in [1.54, 1.807) is 0 Å². The van der Waals surface area contributed by atoms with Gasteiger partial charge in [0.25, 0.3) is 5.91 Å². The minimum Gasteiger partial charge on any atom is -0.455 e. The van der Waals surface area contributed by atoms with Crippen molar-refractivity contribution in [2.75, 3.05) is 6.61 Å². The number of urea groups is 1. The van der Waals surface area contributed by atoms with Crippen molar-refractivity contribution in [1.29, 1.82) is 0 Å². The first-order valence-corrected chi connectivity index (χ1v) is 10.7. The molecule has 0 heterocycles. The van der Waals surface area contributed by atoms with E-state index in [0.717, 1.165) is 38.5 Å². The van der Waals surface area contributed by atoms with Gasteiger partial charge in [-0.25, -0.2) is 4.79 Å². The van der Waals surface area contributed by atoms with Crippen molar-refractivity contribution in [2.24, 2.45) is 29.1 Å². The highest BCUT2D eigenvalue weighted by Gasteiger charge is 2.55. The SMILES string of the molecule is C[C@H]1CCCC[C@H]1NC(=O)NC(=O)COC(=O)C12CC3CC(CC(C3)C1)C2. The molecule has 5 aliphatic carbocycles. The van der Waals surface area contributed by atoms with Gasteiger partial charge in [-0.1, -0.05) is 19.8 Å². The van der Waals surface area contributed by atoms with Crippen molar-refractivity contribution in [2.45, 2.75) is 77.2 Å². The number of hydrogen-bond acceptors (Lipinski definition) is 4. The fourth-order valence-corrected chi connectivity index (χ4v) is 6.54. The second kappa shape index (κ2) is 7.44. The summed E-state index contributed by atoms with van der Waals surface area (Å²) in [5.74, 6) is 1.61. The van der Waals surface area contributed by atoms with E-state index in [0.29, 0.717) is 23.7 Å². The van der Waals surface area contributed by atoms with Crippen molar-refractivity contribution < 1.29 is 19.1 Å². The molecule has 0 spiro atoms. The predicted octanol–water partition coefficient (Wildman–Crippen LogP) is 3.15. The monoisotopic (exact) mass is 376 g/mol. The van der Waals surface area contributed by atoms with Gasteiger partial charge in [0.15, 0.2) is 6.61 Å². The molecule has 150 valence electrons. The highest BCUT2D eigenvalue weighted by molar-refractivity contribution is 5.95. The number of carbonyl (C=O) groups is 3. The van der Waals surface area contributed by atoms with Crippen LogP contribution in [0.25, 0.3) is 0 Å². The molecular formula is C21H32N2O4. The van der Waals surface area contributed by atoms with Crippen LogP contribution in [0.5, 0.6) is 0 Å². The summed E-state index contributed by atoms with van der Waals surface area (Å²) in [6.07, 6.45) is 10.9. The summed E-state index contributed by atoms with van der Waals surface area (Å²) < 4.78 is 5.37. The highest BCUT2D eigenvalue weighted by Crippen LogP contribution is 2.60. The van der Waals surface area contributed by atoms with Crippen LogP contribution in [0.1, 0.15) is 71.1 Å². The summed E-state index contributed by atoms with van der Waals surface area (Å²) in [5, 5.41) is 5.20. The summed E-state index contributed by atoms with van der Waals surface area (Å²) in [7, 11) is 0. The Bertz CT molecular complexity index is 582. The third-order valence-corrected chi connectivity index (χ3v) is 7.49. The topological polar surface area (TPSA) is 84.5 Å². The lowest BCUT2D eigenvalue weighted by Gasteiger charge is -2.55. The molecule has 0 aromatic rings. The second-order valence-electron chi connectivity index (χ2n) is 9.66. The molecule has 0 radical (unpaired) electrons. The molecule has 0 unspecified atom stereocenters. The number of esters is 1. The third kappa shape index (κ3) is 3.99. The quantitative estimate of drug-likeness (QED) is 0.738. The molecule has 27 heavy (non-hydrogen) atoms. The van der Waals surface area contributed by atoms with Crippen molar-refractivity contribution in [3.05, 3.63) is 0 Å². The fraction of sp³-hybridized carbons (Fsp3) is 0.857. The Hall–Kier alpha value is -1.59. The third-order valence-electron chi connectivity index (χ3n) is 7.49. The Morgan fingerprint density at radius 3 is 2.15 bits per heavy atom. The van der Waals surface area contributed by atoms with E-state index in [1.807, 2.05) is 0 Å². The molecule has 2 atom stereocenters. The Labute approximate surface area is 161 Å². The maximum absolute atomic E-state index is 12.7. The summed E-state index contributed by atoms with van der Waals surface area (Å²) >= 11 is 0. The van der Waals surface area contributed by atoms with Crippen LogP contribution in [0.2, 0.25) is 0 Å². The number of rotatable bonds is 4. The molecular weight excluding hydrogens is 344 g/mol. The van der Waals surface area contributed by atoms with Gasteiger partial charge >= 0.3 is 12.0 Å². The average Bonchev–Trinajstić information content (AvgIpc) is 2.60. The molecule has 5 aliphatic rings. The first-order valence-electron chi connectivity index (χ1n) is 10.7. The molecule has 0 aromatic carbocycles. The van der Waals surface area contributed by atoms with Crippen LogP contribution >= 0.6 is 0 Å². The van der Waals surface area contributed by atoms with Gasteiger partial charge in [0.2, 0.25) is 0 Å². The van der Waals surface area contributed by atoms with Gasteiger partial charge in [-0.2, -0.15) is 0 Å². The first-order chi connectivity index (χ1) is 12.9. The van der Waals surface area contributed by atoms with Crippen molar-refractivity contribution in [3.8, 4) is 0 Å². The molecule has 3 amide bonds. The first kappa shape index (κ1) is 18.8. The maximum atomic E-state index is 12.7. The molecule has 0 aromatic heterocycles. The minimum atomic E-state index is -0.547. The number of carbonyl (C=O) groups excluding carboxylic acids is 3. The Balaban J connectivity index is 1.23. The summed E-state index contributed by atoms with van der Waals surface area (Å²) in [5.41, 5.74) is -0.366. The van der Waals surface area contributed by atoms with Gasteiger partial charge in [0.05, 0.1) is 5.41 Å². The van der Waals surface area contributed by atoms with Crippen molar-refractivity contribution in [1.82, 2.24) is 10.6 Å². The molecule has 4 bridgehead atoms. The van der Waals surface area contributed by atoms with E-state index in [9.17, 15) is 14.4 Å². The van der Waals surface area contributed by atoms with Gasteiger partial charge in [0, 0.05) is 6.04 Å².